The fourth-order valence-corrected chi connectivity index (χ4v) is 2.41. The number of carbonyl (C=O) groups is 1. The number of non-ortho nitro benzene ring substituents is 1. The van der Waals surface area contributed by atoms with Gasteiger partial charge in [-0.1, -0.05) is 12.1 Å². The summed E-state index contributed by atoms with van der Waals surface area (Å²) in [6, 6.07) is 6.43. The van der Waals surface area contributed by atoms with E-state index in [4.69, 9.17) is 0 Å². The van der Waals surface area contributed by atoms with Crippen molar-refractivity contribution in [2.45, 2.75) is 31.7 Å². The van der Waals surface area contributed by atoms with Gasteiger partial charge < -0.3 is 10.6 Å². The van der Waals surface area contributed by atoms with Crippen LogP contribution in [0.4, 0.5) is 5.69 Å². The standard InChI is InChI=1S/C14H19N3O3/c18-14(16-12-4-2-7-15-8-6-12)10-11-3-1-5-13(9-11)17(19)20/h1,3,5,9,12,15H,2,4,6-8,10H2,(H,16,18). The first-order valence-corrected chi connectivity index (χ1v) is 6.88. The Hall–Kier alpha value is -1.95. The molecule has 0 aromatic heterocycles. The number of nitrogens with one attached hydrogen (secondary N) is 2. The van der Waals surface area contributed by atoms with Crippen molar-refractivity contribution in [1.82, 2.24) is 10.6 Å². The van der Waals surface area contributed by atoms with Crippen LogP contribution in [0.2, 0.25) is 0 Å². The third-order valence-electron chi connectivity index (χ3n) is 3.43. The molecule has 0 aliphatic carbocycles. The van der Waals surface area contributed by atoms with Gasteiger partial charge >= 0.3 is 0 Å². The van der Waals surface area contributed by atoms with Crippen LogP contribution in [0, 0.1) is 10.1 Å². The highest BCUT2D eigenvalue weighted by Gasteiger charge is 2.15. The SMILES string of the molecule is O=C(Cc1cccc([N+](=O)[O-])c1)NC1CCCNCC1. The highest BCUT2D eigenvalue weighted by Crippen LogP contribution is 2.14. The number of hydrogen-bond donors (Lipinski definition) is 2. The van der Waals surface area contributed by atoms with Crippen molar-refractivity contribution in [1.29, 1.82) is 0 Å². The van der Waals surface area contributed by atoms with Gasteiger partial charge in [0.2, 0.25) is 5.91 Å². The third kappa shape index (κ3) is 4.31. The molecule has 1 unspecified atom stereocenters. The number of nitro groups is 1. The van der Waals surface area contributed by atoms with Crippen LogP contribution in [-0.4, -0.2) is 30.0 Å². The summed E-state index contributed by atoms with van der Waals surface area (Å²) in [5, 5.41) is 17.0. The van der Waals surface area contributed by atoms with Crippen LogP contribution in [-0.2, 0) is 11.2 Å². The molecule has 20 heavy (non-hydrogen) atoms. The molecular formula is C14H19N3O3. The van der Waals surface area contributed by atoms with Crippen molar-refractivity contribution < 1.29 is 9.72 Å². The van der Waals surface area contributed by atoms with Gasteiger partial charge in [-0.2, -0.15) is 0 Å². The maximum Gasteiger partial charge on any atom is 0.269 e. The zero-order chi connectivity index (χ0) is 14.4. The van der Waals surface area contributed by atoms with Gasteiger partial charge in [-0.15, -0.1) is 0 Å². The predicted molar refractivity (Wildman–Crippen MR) is 75.5 cm³/mol. The van der Waals surface area contributed by atoms with Gasteiger partial charge in [0.25, 0.3) is 5.69 Å². The second kappa shape index (κ2) is 7.00. The van der Waals surface area contributed by atoms with E-state index in [2.05, 4.69) is 10.6 Å². The van der Waals surface area contributed by atoms with Crippen molar-refractivity contribution in [2.75, 3.05) is 13.1 Å². The minimum atomic E-state index is -0.446. The van der Waals surface area contributed by atoms with Crippen LogP contribution < -0.4 is 10.6 Å². The minimum absolute atomic E-state index is 0.0222. The second-order valence-corrected chi connectivity index (χ2v) is 5.05. The Labute approximate surface area is 117 Å². The summed E-state index contributed by atoms with van der Waals surface area (Å²) in [7, 11) is 0. The lowest BCUT2D eigenvalue weighted by Crippen LogP contribution is -2.36. The molecule has 1 saturated heterocycles. The van der Waals surface area contributed by atoms with Crippen molar-refractivity contribution in [3.63, 3.8) is 0 Å². The summed E-state index contributed by atoms with van der Waals surface area (Å²) < 4.78 is 0. The summed E-state index contributed by atoms with van der Waals surface area (Å²) >= 11 is 0. The zero-order valence-electron chi connectivity index (χ0n) is 11.3. The van der Waals surface area contributed by atoms with E-state index >= 15 is 0 Å². The van der Waals surface area contributed by atoms with Crippen LogP contribution >= 0.6 is 0 Å². The molecule has 1 fully saturated rings. The lowest BCUT2D eigenvalue weighted by Gasteiger charge is -2.15. The van der Waals surface area contributed by atoms with Gasteiger partial charge in [-0.25, -0.2) is 0 Å². The van der Waals surface area contributed by atoms with Crippen LogP contribution in [0.25, 0.3) is 0 Å². The molecule has 6 nitrogen and oxygen atoms in total. The fraction of sp³-hybridized carbons (Fsp3) is 0.500. The van der Waals surface area contributed by atoms with Gasteiger partial charge in [-0.05, 0) is 37.9 Å². The quantitative estimate of drug-likeness (QED) is 0.643. The average molecular weight is 277 g/mol. The summed E-state index contributed by atoms with van der Waals surface area (Å²) in [6.45, 7) is 1.92. The van der Waals surface area contributed by atoms with Gasteiger partial charge in [0, 0.05) is 18.2 Å². The fourth-order valence-electron chi connectivity index (χ4n) is 2.41. The summed E-state index contributed by atoms with van der Waals surface area (Å²) in [5.74, 6) is -0.0719. The number of hydrogen-bond acceptors (Lipinski definition) is 4. The first kappa shape index (κ1) is 14.5. The molecule has 1 aromatic carbocycles. The molecule has 0 spiro atoms. The molecule has 108 valence electrons. The monoisotopic (exact) mass is 277 g/mol. The van der Waals surface area contributed by atoms with E-state index in [9.17, 15) is 14.9 Å². The molecule has 6 heteroatoms. The average Bonchev–Trinajstić information content (AvgIpc) is 2.67. The van der Waals surface area contributed by atoms with Crippen LogP contribution in [0.1, 0.15) is 24.8 Å². The summed E-state index contributed by atoms with van der Waals surface area (Å²) in [4.78, 5) is 22.2. The smallest absolute Gasteiger partial charge is 0.269 e. The van der Waals surface area contributed by atoms with Gasteiger partial charge in [0.1, 0.15) is 0 Å². The predicted octanol–water partition coefficient (Wildman–Crippen LogP) is 1.40. The number of carbonyl (C=O) groups excluding carboxylic acids is 1. The molecule has 1 aliphatic heterocycles. The molecule has 1 aliphatic rings. The summed E-state index contributed by atoms with van der Waals surface area (Å²) in [6.07, 6.45) is 3.15. The molecule has 1 atom stereocenters. The zero-order valence-corrected chi connectivity index (χ0v) is 11.3. The Morgan fingerprint density at radius 2 is 2.25 bits per heavy atom. The Balaban J connectivity index is 1.90. The highest BCUT2D eigenvalue weighted by atomic mass is 16.6. The molecule has 1 amide bonds. The number of rotatable bonds is 4. The van der Waals surface area contributed by atoms with Gasteiger partial charge in [0.05, 0.1) is 11.3 Å². The first-order chi connectivity index (χ1) is 9.65. The van der Waals surface area contributed by atoms with E-state index < -0.39 is 4.92 Å². The highest BCUT2D eigenvalue weighted by molar-refractivity contribution is 5.79. The molecule has 1 heterocycles. The van der Waals surface area contributed by atoms with Crippen molar-refractivity contribution in [2.24, 2.45) is 0 Å². The molecule has 0 radical (unpaired) electrons. The number of benzene rings is 1. The lowest BCUT2D eigenvalue weighted by atomic mass is 10.1. The van der Waals surface area contributed by atoms with Gasteiger partial charge in [-0.3, -0.25) is 14.9 Å². The van der Waals surface area contributed by atoms with Crippen LogP contribution in [0.3, 0.4) is 0 Å². The van der Waals surface area contributed by atoms with Crippen LogP contribution in [0.5, 0.6) is 0 Å². The molecule has 1 aromatic rings. The number of nitrogens with zero attached hydrogens (tertiary/aromatic N) is 1. The Morgan fingerprint density at radius 1 is 1.40 bits per heavy atom. The van der Waals surface area contributed by atoms with E-state index in [1.807, 2.05) is 0 Å². The molecule has 0 bridgehead atoms. The van der Waals surface area contributed by atoms with Crippen molar-refractivity contribution in [3.05, 3.63) is 39.9 Å². The largest absolute Gasteiger partial charge is 0.353 e. The first-order valence-electron chi connectivity index (χ1n) is 6.88. The molecular weight excluding hydrogens is 258 g/mol. The Bertz CT molecular complexity index is 482. The van der Waals surface area contributed by atoms with Gasteiger partial charge in [0.15, 0.2) is 0 Å². The van der Waals surface area contributed by atoms with Crippen LogP contribution in [0.15, 0.2) is 24.3 Å². The third-order valence-corrected chi connectivity index (χ3v) is 3.43. The molecule has 2 rings (SSSR count). The van der Waals surface area contributed by atoms with E-state index in [1.54, 1.807) is 12.1 Å². The molecule has 2 N–H and O–H groups in total. The minimum Gasteiger partial charge on any atom is -0.353 e. The maximum atomic E-state index is 12.0. The number of nitro benzene ring substituents is 1. The maximum absolute atomic E-state index is 12.0. The van der Waals surface area contributed by atoms with Crippen molar-refractivity contribution >= 4 is 11.6 Å². The van der Waals surface area contributed by atoms with E-state index in [0.717, 1.165) is 32.4 Å². The Kier molecular flexibility index (Phi) is 5.06. The lowest BCUT2D eigenvalue weighted by molar-refractivity contribution is -0.384. The Morgan fingerprint density at radius 3 is 3.05 bits per heavy atom. The van der Waals surface area contributed by atoms with E-state index in [0.29, 0.717) is 5.56 Å². The molecule has 0 saturated carbocycles. The second-order valence-electron chi connectivity index (χ2n) is 5.05. The van der Waals surface area contributed by atoms with E-state index in [1.165, 1.54) is 12.1 Å². The number of amides is 1. The normalized spacial score (nSPS) is 19.1. The summed E-state index contributed by atoms with van der Waals surface area (Å²) in [5.41, 5.74) is 0.692. The van der Waals surface area contributed by atoms with E-state index in [-0.39, 0.29) is 24.1 Å². The van der Waals surface area contributed by atoms with Crippen molar-refractivity contribution in [3.8, 4) is 0 Å². The topological polar surface area (TPSA) is 84.3 Å².